The van der Waals surface area contributed by atoms with Crippen LogP contribution in [0.4, 0.5) is 11.5 Å². The van der Waals surface area contributed by atoms with Crippen molar-refractivity contribution < 1.29 is 4.92 Å². The number of nitrogens with one attached hydrogen (secondary N) is 1. The molecule has 0 aliphatic carbocycles. The van der Waals surface area contributed by atoms with Gasteiger partial charge in [0.15, 0.2) is 0 Å². The van der Waals surface area contributed by atoms with Crippen LogP contribution >= 0.6 is 0 Å². The van der Waals surface area contributed by atoms with Crippen LogP contribution in [-0.4, -0.2) is 40.9 Å². The van der Waals surface area contributed by atoms with E-state index in [1.807, 2.05) is 0 Å². The summed E-state index contributed by atoms with van der Waals surface area (Å²) in [6.07, 6.45) is 1.91. The Balaban J connectivity index is 2.41. The molecule has 1 aromatic rings. The second-order valence-corrected chi connectivity index (χ2v) is 4.83. The standard InChI is InChI=1S/C12H21N5O2/c1-3-7-16-12(11(17(18)19)10(2)14-16)15-8-4-5-13-6-9-15/h13H,3-9H2,1-2H3. The molecule has 7 nitrogen and oxygen atoms in total. The lowest BCUT2D eigenvalue weighted by Gasteiger charge is -2.22. The molecule has 1 aliphatic rings. The van der Waals surface area contributed by atoms with E-state index >= 15 is 0 Å². The van der Waals surface area contributed by atoms with E-state index in [0.717, 1.165) is 39.0 Å². The summed E-state index contributed by atoms with van der Waals surface area (Å²) in [5, 5.41) is 19.0. The average molecular weight is 267 g/mol. The van der Waals surface area contributed by atoms with Crippen LogP contribution in [0.1, 0.15) is 25.5 Å². The van der Waals surface area contributed by atoms with Gasteiger partial charge in [-0.3, -0.25) is 10.1 Å². The van der Waals surface area contributed by atoms with Crippen LogP contribution in [0.3, 0.4) is 0 Å². The van der Waals surface area contributed by atoms with Gasteiger partial charge < -0.3 is 10.2 Å². The number of aryl methyl sites for hydroxylation is 2. The lowest BCUT2D eigenvalue weighted by Crippen LogP contribution is -2.30. The third-order valence-corrected chi connectivity index (χ3v) is 3.33. The van der Waals surface area contributed by atoms with Crippen molar-refractivity contribution in [1.29, 1.82) is 0 Å². The van der Waals surface area contributed by atoms with Gasteiger partial charge in [-0.1, -0.05) is 6.92 Å². The quantitative estimate of drug-likeness (QED) is 0.657. The third-order valence-electron chi connectivity index (χ3n) is 3.33. The molecule has 2 rings (SSSR count). The van der Waals surface area contributed by atoms with Crippen LogP contribution in [-0.2, 0) is 6.54 Å². The molecule has 1 fully saturated rings. The largest absolute Gasteiger partial charge is 0.350 e. The molecule has 106 valence electrons. The molecule has 0 aromatic carbocycles. The number of rotatable bonds is 4. The van der Waals surface area contributed by atoms with Gasteiger partial charge in [-0.25, -0.2) is 4.68 Å². The number of nitrogens with zero attached hydrogens (tertiary/aromatic N) is 4. The molecule has 1 aromatic heterocycles. The molecule has 2 heterocycles. The number of hydrogen-bond donors (Lipinski definition) is 1. The van der Waals surface area contributed by atoms with E-state index < -0.39 is 0 Å². The normalized spacial score (nSPS) is 16.4. The number of hydrogen-bond acceptors (Lipinski definition) is 5. The minimum absolute atomic E-state index is 0.162. The van der Waals surface area contributed by atoms with Gasteiger partial charge in [0.25, 0.3) is 0 Å². The zero-order chi connectivity index (χ0) is 13.8. The fraction of sp³-hybridized carbons (Fsp3) is 0.750. The van der Waals surface area contributed by atoms with Gasteiger partial charge in [0.2, 0.25) is 5.82 Å². The maximum absolute atomic E-state index is 11.3. The van der Waals surface area contributed by atoms with Crippen molar-refractivity contribution in [2.75, 3.05) is 31.1 Å². The predicted molar refractivity (Wildman–Crippen MR) is 73.6 cm³/mol. The Hall–Kier alpha value is -1.63. The summed E-state index contributed by atoms with van der Waals surface area (Å²) < 4.78 is 1.79. The van der Waals surface area contributed by atoms with Crippen molar-refractivity contribution in [2.45, 2.75) is 33.2 Å². The highest BCUT2D eigenvalue weighted by Gasteiger charge is 2.29. The Morgan fingerprint density at radius 2 is 2.21 bits per heavy atom. The minimum atomic E-state index is -0.303. The lowest BCUT2D eigenvalue weighted by molar-refractivity contribution is -0.384. The smallest absolute Gasteiger partial charge is 0.333 e. The molecule has 1 aliphatic heterocycles. The van der Waals surface area contributed by atoms with Crippen molar-refractivity contribution in [2.24, 2.45) is 0 Å². The van der Waals surface area contributed by atoms with Crippen LogP contribution < -0.4 is 10.2 Å². The van der Waals surface area contributed by atoms with Crippen LogP contribution in [0, 0.1) is 17.0 Å². The van der Waals surface area contributed by atoms with E-state index in [2.05, 4.69) is 22.2 Å². The van der Waals surface area contributed by atoms with Gasteiger partial charge in [-0.05, 0) is 26.3 Å². The molecule has 0 spiro atoms. The number of nitro groups is 1. The molecule has 0 amide bonds. The monoisotopic (exact) mass is 267 g/mol. The van der Waals surface area contributed by atoms with E-state index in [0.29, 0.717) is 18.1 Å². The highest BCUT2D eigenvalue weighted by molar-refractivity contribution is 5.61. The summed E-state index contributed by atoms with van der Waals surface area (Å²) in [6, 6.07) is 0. The van der Waals surface area contributed by atoms with Crippen LogP contribution in [0.2, 0.25) is 0 Å². The topological polar surface area (TPSA) is 76.2 Å². The zero-order valence-corrected chi connectivity index (χ0v) is 11.6. The first-order valence-electron chi connectivity index (χ1n) is 6.82. The Kier molecular flexibility index (Phi) is 4.36. The maximum atomic E-state index is 11.3. The van der Waals surface area contributed by atoms with Gasteiger partial charge in [-0.15, -0.1) is 0 Å². The second-order valence-electron chi connectivity index (χ2n) is 4.83. The van der Waals surface area contributed by atoms with Crippen LogP contribution in [0.15, 0.2) is 0 Å². The van der Waals surface area contributed by atoms with E-state index in [-0.39, 0.29) is 10.6 Å². The van der Waals surface area contributed by atoms with Crippen molar-refractivity contribution in [1.82, 2.24) is 15.1 Å². The van der Waals surface area contributed by atoms with Gasteiger partial charge in [-0.2, -0.15) is 5.10 Å². The molecule has 1 N–H and O–H groups in total. The Bertz CT molecular complexity index is 449. The van der Waals surface area contributed by atoms with Crippen LogP contribution in [0.5, 0.6) is 0 Å². The summed E-state index contributed by atoms with van der Waals surface area (Å²) in [6.45, 7) is 7.92. The molecule has 0 bridgehead atoms. The SMILES string of the molecule is CCCn1nc(C)c([N+](=O)[O-])c1N1CCCNCC1. The van der Waals surface area contributed by atoms with Gasteiger partial charge in [0, 0.05) is 26.2 Å². The molecule has 0 atom stereocenters. The predicted octanol–water partition coefficient (Wildman–Crippen LogP) is 1.31. The van der Waals surface area contributed by atoms with Crippen molar-refractivity contribution in [3.8, 4) is 0 Å². The average Bonchev–Trinajstić information content (AvgIpc) is 2.55. The minimum Gasteiger partial charge on any atom is -0.350 e. The van der Waals surface area contributed by atoms with Crippen molar-refractivity contribution in [3.05, 3.63) is 15.8 Å². The summed E-state index contributed by atoms with van der Waals surface area (Å²) >= 11 is 0. The molecule has 0 radical (unpaired) electrons. The number of anilines is 1. The molecule has 7 heteroatoms. The molecule has 0 unspecified atom stereocenters. The third kappa shape index (κ3) is 2.86. The van der Waals surface area contributed by atoms with E-state index in [9.17, 15) is 10.1 Å². The maximum Gasteiger partial charge on any atom is 0.333 e. The molecule has 19 heavy (non-hydrogen) atoms. The van der Waals surface area contributed by atoms with Crippen molar-refractivity contribution >= 4 is 11.5 Å². The molecular formula is C12H21N5O2. The fourth-order valence-electron chi connectivity index (χ4n) is 2.51. The Morgan fingerprint density at radius 3 is 2.89 bits per heavy atom. The first-order chi connectivity index (χ1) is 9.15. The van der Waals surface area contributed by atoms with E-state index in [1.54, 1.807) is 11.6 Å². The van der Waals surface area contributed by atoms with Crippen molar-refractivity contribution in [3.63, 3.8) is 0 Å². The Morgan fingerprint density at radius 1 is 1.42 bits per heavy atom. The van der Waals surface area contributed by atoms with Gasteiger partial charge >= 0.3 is 5.69 Å². The van der Waals surface area contributed by atoms with E-state index in [4.69, 9.17) is 0 Å². The van der Waals surface area contributed by atoms with Crippen LogP contribution in [0.25, 0.3) is 0 Å². The highest BCUT2D eigenvalue weighted by atomic mass is 16.6. The summed E-state index contributed by atoms with van der Waals surface area (Å²) in [7, 11) is 0. The second kappa shape index (κ2) is 6.01. The summed E-state index contributed by atoms with van der Waals surface area (Å²) in [5.74, 6) is 0.674. The lowest BCUT2D eigenvalue weighted by atomic mass is 10.3. The number of aromatic nitrogens is 2. The fourth-order valence-corrected chi connectivity index (χ4v) is 2.51. The zero-order valence-electron chi connectivity index (χ0n) is 11.6. The summed E-state index contributed by atoms with van der Waals surface area (Å²) in [4.78, 5) is 13.1. The highest BCUT2D eigenvalue weighted by Crippen LogP contribution is 2.32. The first-order valence-corrected chi connectivity index (χ1v) is 6.82. The first kappa shape index (κ1) is 13.8. The molecular weight excluding hydrogens is 246 g/mol. The van der Waals surface area contributed by atoms with Gasteiger partial charge in [0.1, 0.15) is 5.69 Å². The summed E-state index contributed by atoms with van der Waals surface area (Å²) in [5.41, 5.74) is 0.668. The Labute approximate surface area is 112 Å². The molecule has 0 saturated carbocycles. The van der Waals surface area contributed by atoms with E-state index in [1.165, 1.54) is 0 Å². The molecule has 1 saturated heterocycles. The van der Waals surface area contributed by atoms with Gasteiger partial charge in [0.05, 0.1) is 4.92 Å².